The molecule has 2 atom stereocenters. The van der Waals surface area contributed by atoms with Gasteiger partial charge in [0.1, 0.15) is 0 Å². The van der Waals surface area contributed by atoms with Gasteiger partial charge < -0.3 is 5.11 Å². The molecule has 1 nitrogen and oxygen atoms in total. The number of hydrogen-bond acceptors (Lipinski definition) is 1. The van der Waals surface area contributed by atoms with Crippen LogP contribution in [0.25, 0.3) is 0 Å². The minimum absolute atomic E-state index is 0.0214. The van der Waals surface area contributed by atoms with Crippen molar-refractivity contribution in [1.82, 2.24) is 0 Å². The number of hydrogen-bond donors (Lipinski definition) is 1. The molecule has 0 unspecified atom stereocenters. The molecular formula is C10H17BrO. The van der Waals surface area contributed by atoms with Crippen LogP contribution in [-0.4, -0.2) is 17.0 Å². The Morgan fingerprint density at radius 1 is 1.58 bits per heavy atom. The lowest BCUT2D eigenvalue weighted by Crippen LogP contribution is -2.37. The fourth-order valence-corrected chi connectivity index (χ4v) is 2.99. The van der Waals surface area contributed by atoms with Crippen molar-refractivity contribution >= 4 is 15.9 Å². The van der Waals surface area contributed by atoms with Gasteiger partial charge in [-0.1, -0.05) is 41.9 Å². The third kappa shape index (κ3) is 1.16. The second-order valence-electron chi connectivity index (χ2n) is 4.29. The van der Waals surface area contributed by atoms with Crippen LogP contribution in [0.5, 0.6) is 0 Å². The summed E-state index contributed by atoms with van der Waals surface area (Å²) in [6.45, 7) is 8.67. The highest BCUT2D eigenvalue weighted by molar-refractivity contribution is 9.09. The average molecular weight is 233 g/mol. The van der Waals surface area contributed by atoms with Crippen LogP contribution in [0, 0.1) is 10.8 Å². The Kier molecular flexibility index (Phi) is 2.69. The number of alkyl halides is 1. The van der Waals surface area contributed by atoms with Gasteiger partial charge in [-0.2, -0.15) is 0 Å². The molecule has 0 heterocycles. The summed E-state index contributed by atoms with van der Waals surface area (Å²) in [7, 11) is 0. The molecule has 1 rings (SSSR count). The van der Waals surface area contributed by atoms with Gasteiger partial charge in [-0.3, -0.25) is 0 Å². The number of halogens is 1. The minimum atomic E-state index is 0.0214. The molecule has 0 aromatic rings. The van der Waals surface area contributed by atoms with E-state index in [1.54, 1.807) is 0 Å². The van der Waals surface area contributed by atoms with E-state index in [9.17, 15) is 5.11 Å². The van der Waals surface area contributed by atoms with Crippen LogP contribution in [-0.2, 0) is 0 Å². The second-order valence-corrected chi connectivity index (χ2v) is 4.85. The Bertz CT molecular complexity index is 202. The first kappa shape index (κ1) is 10.3. The monoisotopic (exact) mass is 232 g/mol. The molecule has 0 amide bonds. The van der Waals surface area contributed by atoms with E-state index in [0.29, 0.717) is 0 Å². The van der Waals surface area contributed by atoms with Crippen LogP contribution in [0.2, 0.25) is 0 Å². The predicted octanol–water partition coefficient (Wildman–Crippen LogP) is 2.74. The summed E-state index contributed by atoms with van der Waals surface area (Å²) in [5.74, 6) is 0. The summed E-state index contributed by atoms with van der Waals surface area (Å²) in [6, 6.07) is 0. The molecule has 0 aromatic heterocycles. The normalized spacial score (nSPS) is 42.2. The maximum Gasteiger partial charge on any atom is 0.0493 e. The topological polar surface area (TPSA) is 20.2 Å². The fraction of sp³-hybridized carbons (Fsp3) is 0.800. The molecule has 0 spiro atoms. The Balaban J connectivity index is 2.99. The van der Waals surface area contributed by atoms with Crippen LogP contribution in [0.1, 0.15) is 26.7 Å². The van der Waals surface area contributed by atoms with Crippen molar-refractivity contribution in [3.05, 3.63) is 12.2 Å². The van der Waals surface area contributed by atoms with E-state index in [-0.39, 0.29) is 17.4 Å². The molecule has 0 bridgehead atoms. The lowest BCUT2D eigenvalue weighted by molar-refractivity contribution is 0.0690. The summed E-state index contributed by atoms with van der Waals surface area (Å²) < 4.78 is 0. The third-order valence-electron chi connectivity index (χ3n) is 3.71. The van der Waals surface area contributed by atoms with Gasteiger partial charge in [0.15, 0.2) is 0 Å². The first-order valence-corrected chi connectivity index (χ1v) is 5.47. The van der Waals surface area contributed by atoms with Gasteiger partial charge in [-0.05, 0) is 12.8 Å². The third-order valence-corrected chi connectivity index (χ3v) is 4.83. The maximum atomic E-state index is 9.35. The zero-order valence-corrected chi connectivity index (χ0v) is 9.45. The molecule has 1 fully saturated rings. The molecular weight excluding hydrogens is 216 g/mol. The van der Waals surface area contributed by atoms with Crippen LogP contribution in [0.4, 0.5) is 0 Å². The first-order valence-electron chi connectivity index (χ1n) is 4.35. The van der Waals surface area contributed by atoms with Crippen LogP contribution >= 0.6 is 15.9 Å². The lowest BCUT2D eigenvalue weighted by atomic mass is 9.68. The lowest BCUT2D eigenvalue weighted by Gasteiger charge is -2.39. The highest BCUT2D eigenvalue weighted by Gasteiger charge is 2.49. The number of aliphatic hydroxyl groups excluding tert-OH is 1. The summed E-state index contributed by atoms with van der Waals surface area (Å²) in [5.41, 5.74) is 1.37. The molecule has 2 heteroatoms. The Labute approximate surface area is 83.0 Å². The fourth-order valence-electron chi connectivity index (χ4n) is 1.91. The Morgan fingerprint density at radius 2 is 2.17 bits per heavy atom. The van der Waals surface area contributed by atoms with E-state index in [1.165, 1.54) is 5.57 Å². The molecule has 0 saturated heterocycles. The highest BCUT2D eigenvalue weighted by atomic mass is 79.9. The minimum Gasteiger partial charge on any atom is -0.396 e. The molecule has 1 N–H and O–H groups in total. The largest absolute Gasteiger partial charge is 0.396 e. The molecule has 1 saturated carbocycles. The van der Waals surface area contributed by atoms with Crippen molar-refractivity contribution in [2.45, 2.75) is 26.7 Å². The smallest absolute Gasteiger partial charge is 0.0493 e. The van der Waals surface area contributed by atoms with Crippen molar-refractivity contribution in [3.8, 4) is 0 Å². The Hall–Kier alpha value is 0.180. The SMILES string of the molecule is C=C1CC[C@@](C)(CO)[C@]1(C)CBr. The predicted molar refractivity (Wildman–Crippen MR) is 55.5 cm³/mol. The van der Waals surface area contributed by atoms with E-state index in [1.807, 2.05) is 0 Å². The van der Waals surface area contributed by atoms with Crippen LogP contribution in [0.15, 0.2) is 12.2 Å². The van der Waals surface area contributed by atoms with Gasteiger partial charge in [-0.15, -0.1) is 0 Å². The van der Waals surface area contributed by atoms with Crippen molar-refractivity contribution in [2.24, 2.45) is 10.8 Å². The summed E-state index contributed by atoms with van der Waals surface area (Å²) in [4.78, 5) is 0. The van der Waals surface area contributed by atoms with Gasteiger partial charge in [0.2, 0.25) is 0 Å². The number of allylic oxidation sites excluding steroid dienone is 1. The van der Waals surface area contributed by atoms with E-state index < -0.39 is 0 Å². The number of rotatable bonds is 2. The Morgan fingerprint density at radius 3 is 2.50 bits per heavy atom. The summed E-state index contributed by atoms with van der Waals surface area (Å²) in [6.07, 6.45) is 2.11. The molecule has 1 aliphatic carbocycles. The molecule has 0 aromatic carbocycles. The maximum absolute atomic E-state index is 9.35. The average Bonchev–Trinajstić information content (AvgIpc) is 2.31. The van der Waals surface area contributed by atoms with Crippen molar-refractivity contribution in [1.29, 1.82) is 0 Å². The van der Waals surface area contributed by atoms with Gasteiger partial charge in [0.25, 0.3) is 0 Å². The zero-order valence-electron chi connectivity index (χ0n) is 7.86. The van der Waals surface area contributed by atoms with Gasteiger partial charge >= 0.3 is 0 Å². The molecule has 70 valence electrons. The van der Waals surface area contributed by atoms with E-state index in [4.69, 9.17) is 0 Å². The van der Waals surface area contributed by atoms with Crippen molar-refractivity contribution in [2.75, 3.05) is 11.9 Å². The summed E-state index contributed by atoms with van der Waals surface area (Å²) in [5, 5.41) is 10.2. The van der Waals surface area contributed by atoms with E-state index in [2.05, 4.69) is 36.4 Å². The zero-order chi connectivity index (χ0) is 9.41. The van der Waals surface area contributed by atoms with E-state index in [0.717, 1.165) is 18.2 Å². The highest BCUT2D eigenvalue weighted by Crippen LogP contribution is 2.55. The number of aliphatic hydroxyl groups is 1. The van der Waals surface area contributed by atoms with Crippen LogP contribution in [0.3, 0.4) is 0 Å². The van der Waals surface area contributed by atoms with Crippen LogP contribution < -0.4 is 0 Å². The van der Waals surface area contributed by atoms with Crippen molar-refractivity contribution in [3.63, 3.8) is 0 Å². The molecule has 1 aliphatic rings. The van der Waals surface area contributed by atoms with Gasteiger partial charge in [0.05, 0.1) is 0 Å². The van der Waals surface area contributed by atoms with Gasteiger partial charge in [-0.25, -0.2) is 0 Å². The second kappa shape index (κ2) is 3.15. The van der Waals surface area contributed by atoms with Crippen molar-refractivity contribution < 1.29 is 5.11 Å². The molecule has 12 heavy (non-hydrogen) atoms. The summed E-state index contributed by atoms with van der Waals surface area (Å²) >= 11 is 3.52. The molecule has 0 aliphatic heterocycles. The first-order chi connectivity index (χ1) is 5.50. The van der Waals surface area contributed by atoms with E-state index >= 15 is 0 Å². The quantitative estimate of drug-likeness (QED) is 0.574. The molecule has 0 radical (unpaired) electrons. The standard InChI is InChI=1S/C10H17BrO/c1-8-4-5-9(2,7-12)10(8,3)6-11/h12H,1,4-7H2,2-3H3/t9-,10+/m0/s1. The van der Waals surface area contributed by atoms with Gasteiger partial charge in [0, 0.05) is 22.8 Å².